The summed E-state index contributed by atoms with van der Waals surface area (Å²) in [6.07, 6.45) is 1.29. The number of hydrogen-bond donors (Lipinski definition) is 3. The van der Waals surface area contributed by atoms with Gasteiger partial charge < -0.3 is 30.3 Å². The smallest absolute Gasteiger partial charge is 0.318 e. The lowest BCUT2D eigenvalue weighted by Gasteiger charge is -2.37. The molecule has 2 aliphatic rings. The van der Waals surface area contributed by atoms with Crippen LogP contribution in [0.5, 0.6) is 5.75 Å². The number of urea groups is 1. The number of aliphatic hydroxyl groups is 1. The maximum absolute atomic E-state index is 13.4. The van der Waals surface area contributed by atoms with Crippen LogP contribution in [0.1, 0.15) is 24.0 Å². The number of aliphatic hydroxyl groups excluding tert-OH is 1. The topological polar surface area (TPSA) is 80.3 Å². The Balaban J connectivity index is 1.27. The van der Waals surface area contributed by atoms with E-state index in [0.717, 1.165) is 63.2 Å². The number of benzene rings is 2. The Morgan fingerprint density at radius 1 is 1.08 bits per heavy atom. The molecule has 4 rings (SSSR count). The quantitative estimate of drug-likeness (QED) is 0.453. The van der Waals surface area contributed by atoms with Gasteiger partial charge in [-0.25, -0.2) is 9.18 Å². The Morgan fingerprint density at radius 2 is 1.73 bits per heavy atom. The number of carbonyl (C=O) groups excluding carboxylic acids is 1. The maximum Gasteiger partial charge on any atom is 0.318 e. The molecule has 2 aromatic rings. The maximum atomic E-state index is 13.4. The number of piperazine rings is 1. The minimum atomic E-state index is -0.538. The van der Waals surface area contributed by atoms with Gasteiger partial charge in [-0.15, -0.1) is 0 Å². The van der Waals surface area contributed by atoms with E-state index < -0.39 is 6.10 Å². The highest BCUT2D eigenvalue weighted by Gasteiger charge is 2.27. The van der Waals surface area contributed by atoms with Crippen molar-refractivity contribution in [3.8, 4) is 5.75 Å². The number of β-amino-alcohol motifs (C(OH)–C–C–N with tert-alkyl or cyclic N) is 1. The second-order valence-corrected chi connectivity index (χ2v) is 10.1. The first kappa shape index (κ1) is 27.3. The lowest BCUT2D eigenvalue weighted by atomic mass is 10.0. The normalized spacial score (nSPS) is 18.4. The van der Waals surface area contributed by atoms with Crippen LogP contribution in [0.25, 0.3) is 0 Å². The molecule has 0 aliphatic carbocycles. The molecule has 2 amide bonds. The first-order chi connectivity index (χ1) is 18.0. The summed E-state index contributed by atoms with van der Waals surface area (Å²) in [5.74, 6) is 0.416. The number of nitrogens with zero attached hydrogens (tertiary/aromatic N) is 3. The highest BCUT2D eigenvalue weighted by Crippen LogP contribution is 2.19. The van der Waals surface area contributed by atoms with E-state index in [0.29, 0.717) is 25.4 Å². The molecule has 1 unspecified atom stereocenters. The van der Waals surface area contributed by atoms with Crippen LogP contribution in [0.3, 0.4) is 0 Å². The lowest BCUT2D eigenvalue weighted by molar-refractivity contribution is 0.0641. The molecule has 2 aliphatic heterocycles. The van der Waals surface area contributed by atoms with E-state index in [1.165, 1.54) is 12.1 Å². The van der Waals surface area contributed by atoms with Gasteiger partial charge >= 0.3 is 6.03 Å². The highest BCUT2D eigenvalue weighted by molar-refractivity contribution is 5.74. The third kappa shape index (κ3) is 8.67. The molecule has 2 heterocycles. The van der Waals surface area contributed by atoms with Gasteiger partial charge in [0.05, 0.1) is 0 Å². The Kier molecular flexibility index (Phi) is 10.1. The molecular weight excluding hydrogens is 473 g/mol. The van der Waals surface area contributed by atoms with Gasteiger partial charge in [-0.05, 0) is 68.4 Å². The average molecular weight is 514 g/mol. The number of carbonyl (C=O) groups is 1. The summed E-state index contributed by atoms with van der Waals surface area (Å²) < 4.78 is 19.1. The SMILES string of the molecule is CN1CCC(N(Cc2ccc(F)cc2)C(=O)NCc2ccc(OCC(O)CN3CCNCC3)cc2)CC1. The standard InChI is InChI=1S/C28H40FN5O3/c1-32-14-10-25(11-15-32)34(19-23-2-6-24(29)7-3-23)28(36)31-18-22-4-8-27(9-5-22)37-21-26(35)20-33-16-12-30-13-17-33/h2-9,25-26,30,35H,10-21H2,1H3,(H,31,36). The molecule has 0 aromatic heterocycles. The Morgan fingerprint density at radius 3 is 2.41 bits per heavy atom. The van der Waals surface area contributed by atoms with Crippen molar-refractivity contribution in [1.29, 1.82) is 0 Å². The van der Waals surface area contributed by atoms with E-state index in [2.05, 4.69) is 27.5 Å². The van der Waals surface area contributed by atoms with Crippen molar-refractivity contribution >= 4 is 6.03 Å². The van der Waals surface area contributed by atoms with Crippen molar-refractivity contribution in [2.75, 3.05) is 59.5 Å². The number of piperidine rings is 1. The van der Waals surface area contributed by atoms with Crippen molar-refractivity contribution in [2.24, 2.45) is 0 Å². The van der Waals surface area contributed by atoms with Crippen molar-refractivity contribution in [1.82, 2.24) is 25.3 Å². The zero-order valence-electron chi connectivity index (χ0n) is 21.7. The second-order valence-electron chi connectivity index (χ2n) is 10.1. The number of amides is 2. The largest absolute Gasteiger partial charge is 0.491 e. The number of ether oxygens (including phenoxy) is 1. The van der Waals surface area contributed by atoms with Crippen molar-refractivity contribution < 1.29 is 19.0 Å². The molecule has 0 bridgehead atoms. The number of hydrogen-bond acceptors (Lipinski definition) is 6. The van der Waals surface area contributed by atoms with Crippen LogP contribution in [0.4, 0.5) is 9.18 Å². The van der Waals surface area contributed by atoms with Crippen LogP contribution in [0.15, 0.2) is 48.5 Å². The van der Waals surface area contributed by atoms with Gasteiger partial charge in [0.2, 0.25) is 0 Å². The summed E-state index contributed by atoms with van der Waals surface area (Å²) in [6.45, 7) is 7.38. The molecule has 202 valence electrons. The van der Waals surface area contributed by atoms with Crippen molar-refractivity contribution in [2.45, 2.75) is 38.1 Å². The molecule has 0 saturated carbocycles. The summed E-state index contributed by atoms with van der Waals surface area (Å²) in [5, 5.41) is 16.7. The van der Waals surface area contributed by atoms with E-state index in [1.807, 2.05) is 29.2 Å². The fourth-order valence-electron chi connectivity index (χ4n) is 4.88. The Bertz CT molecular complexity index is 961. The molecule has 3 N–H and O–H groups in total. The van der Waals surface area contributed by atoms with Crippen LogP contribution in [0, 0.1) is 5.82 Å². The summed E-state index contributed by atoms with van der Waals surface area (Å²) in [5.41, 5.74) is 1.88. The monoisotopic (exact) mass is 513 g/mol. The summed E-state index contributed by atoms with van der Waals surface area (Å²) in [4.78, 5) is 19.6. The minimum Gasteiger partial charge on any atom is -0.491 e. The van der Waals surface area contributed by atoms with Gasteiger partial charge in [0, 0.05) is 51.9 Å². The molecule has 0 radical (unpaired) electrons. The van der Waals surface area contributed by atoms with E-state index >= 15 is 0 Å². The Labute approximate surface area is 219 Å². The summed E-state index contributed by atoms with van der Waals surface area (Å²) in [6, 6.07) is 14.0. The first-order valence-electron chi connectivity index (χ1n) is 13.3. The lowest BCUT2D eigenvalue weighted by Crippen LogP contribution is -2.49. The van der Waals surface area contributed by atoms with Gasteiger partial charge in [0.15, 0.2) is 0 Å². The number of likely N-dealkylation sites (tertiary alicyclic amines) is 1. The van der Waals surface area contributed by atoms with Crippen LogP contribution in [-0.2, 0) is 13.1 Å². The van der Waals surface area contributed by atoms with Crippen LogP contribution in [-0.4, -0.2) is 97.5 Å². The van der Waals surface area contributed by atoms with Crippen LogP contribution in [0.2, 0.25) is 0 Å². The molecule has 9 heteroatoms. The van der Waals surface area contributed by atoms with Crippen LogP contribution >= 0.6 is 0 Å². The van der Waals surface area contributed by atoms with Crippen molar-refractivity contribution in [3.05, 3.63) is 65.5 Å². The van der Waals surface area contributed by atoms with E-state index in [1.54, 1.807) is 12.1 Å². The van der Waals surface area contributed by atoms with Gasteiger partial charge in [0.1, 0.15) is 24.3 Å². The third-order valence-electron chi connectivity index (χ3n) is 7.14. The minimum absolute atomic E-state index is 0.116. The third-order valence-corrected chi connectivity index (χ3v) is 7.14. The van der Waals surface area contributed by atoms with Crippen LogP contribution < -0.4 is 15.4 Å². The number of nitrogens with one attached hydrogen (secondary N) is 2. The average Bonchev–Trinajstić information content (AvgIpc) is 2.92. The zero-order valence-corrected chi connectivity index (χ0v) is 21.7. The molecule has 1 atom stereocenters. The summed E-state index contributed by atoms with van der Waals surface area (Å²) >= 11 is 0. The molecule has 8 nitrogen and oxygen atoms in total. The van der Waals surface area contributed by atoms with Gasteiger partial charge in [0.25, 0.3) is 0 Å². The predicted molar refractivity (Wildman–Crippen MR) is 142 cm³/mol. The first-order valence-corrected chi connectivity index (χ1v) is 13.3. The van der Waals surface area contributed by atoms with Gasteiger partial charge in [-0.1, -0.05) is 24.3 Å². The Hall–Kier alpha value is -2.72. The van der Waals surface area contributed by atoms with E-state index in [9.17, 15) is 14.3 Å². The van der Waals surface area contributed by atoms with Gasteiger partial charge in [-0.2, -0.15) is 0 Å². The molecule has 37 heavy (non-hydrogen) atoms. The molecule has 2 fully saturated rings. The van der Waals surface area contributed by atoms with E-state index in [4.69, 9.17) is 4.74 Å². The van der Waals surface area contributed by atoms with Gasteiger partial charge in [-0.3, -0.25) is 4.90 Å². The van der Waals surface area contributed by atoms with Crippen molar-refractivity contribution in [3.63, 3.8) is 0 Å². The number of rotatable bonds is 10. The van der Waals surface area contributed by atoms with E-state index in [-0.39, 0.29) is 24.5 Å². The molecule has 2 aromatic carbocycles. The molecular formula is C28H40FN5O3. The zero-order chi connectivity index (χ0) is 26.0. The fraction of sp³-hybridized carbons (Fsp3) is 0.536. The predicted octanol–water partition coefficient (Wildman–Crippen LogP) is 2.28. The second kappa shape index (κ2) is 13.7. The number of halogens is 1. The molecule has 2 saturated heterocycles. The molecule has 0 spiro atoms. The summed E-state index contributed by atoms with van der Waals surface area (Å²) in [7, 11) is 2.10. The highest BCUT2D eigenvalue weighted by atomic mass is 19.1. The fourth-order valence-corrected chi connectivity index (χ4v) is 4.88.